The van der Waals surface area contributed by atoms with Gasteiger partial charge in [0.1, 0.15) is 6.04 Å². The van der Waals surface area contributed by atoms with Crippen LogP contribution in [0.15, 0.2) is 54.9 Å². The van der Waals surface area contributed by atoms with Crippen LogP contribution in [0.2, 0.25) is 0 Å². The zero-order valence-corrected chi connectivity index (χ0v) is 13.1. The van der Waals surface area contributed by atoms with Crippen molar-refractivity contribution in [2.45, 2.75) is 19.9 Å². The normalized spacial score (nSPS) is 11.6. The predicted octanol–water partition coefficient (Wildman–Crippen LogP) is 2.87. The standard InChI is InChI=1S/C17H20N4O2/c1-12(2)15(16(22)19-14-8-10-18-11-9-14)21-17(23)20-13-6-4-3-5-7-13/h3-12,15H,1-2H3,(H,18,19,22)(H2,20,21,23). The van der Waals surface area contributed by atoms with Gasteiger partial charge in [0.2, 0.25) is 5.91 Å². The fourth-order valence-corrected chi connectivity index (χ4v) is 2.02. The molecule has 6 heteroatoms. The number of carbonyl (C=O) groups is 2. The highest BCUT2D eigenvalue weighted by molar-refractivity contribution is 5.99. The maximum absolute atomic E-state index is 12.4. The summed E-state index contributed by atoms with van der Waals surface area (Å²) in [7, 11) is 0. The van der Waals surface area contributed by atoms with Crippen LogP contribution in [0, 0.1) is 5.92 Å². The topological polar surface area (TPSA) is 83.1 Å². The third-order valence-electron chi connectivity index (χ3n) is 3.22. The molecule has 0 radical (unpaired) electrons. The Hall–Kier alpha value is -2.89. The first-order valence-corrected chi connectivity index (χ1v) is 7.39. The molecular formula is C17H20N4O2. The second-order valence-electron chi connectivity index (χ2n) is 5.41. The van der Waals surface area contributed by atoms with Gasteiger partial charge in [-0.05, 0) is 30.2 Å². The Morgan fingerprint density at radius 2 is 1.52 bits per heavy atom. The van der Waals surface area contributed by atoms with E-state index in [9.17, 15) is 9.59 Å². The van der Waals surface area contributed by atoms with E-state index in [-0.39, 0.29) is 11.8 Å². The molecule has 1 aromatic carbocycles. The van der Waals surface area contributed by atoms with Crippen LogP contribution in [-0.4, -0.2) is 23.0 Å². The molecule has 0 saturated heterocycles. The summed E-state index contributed by atoms with van der Waals surface area (Å²) in [5, 5.41) is 8.18. The first-order chi connectivity index (χ1) is 11.1. The number of hydrogen-bond acceptors (Lipinski definition) is 3. The number of anilines is 2. The number of rotatable bonds is 5. The van der Waals surface area contributed by atoms with Crippen molar-refractivity contribution < 1.29 is 9.59 Å². The van der Waals surface area contributed by atoms with Gasteiger partial charge in [-0.1, -0.05) is 32.0 Å². The van der Waals surface area contributed by atoms with Crippen LogP contribution in [-0.2, 0) is 4.79 Å². The molecule has 0 spiro atoms. The highest BCUT2D eigenvalue weighted by Gasteiger charge is 2.24. The summed E-state index contributed by atoms with van der Waals surface area (Å²) in [4.78, 5) is 28.3. The highest BCUT2D eigenvalue weighted by Crippen LogP contribution is 2.09. The number of urea groups is 1. The lowest BCUT2D eigenvalue weighted by Gasteiger charge is -2.22. The Morgan fingerprint density at radius 1 is 0.913 bits per heavy atom. The van der Waals surface area contributed by atoms with E-state index >= 15 is 0 Å². The lowest BCUT2D eigenvalue weighted by molar-refractivity contribution is -0.118. The van der Waals surface area contributed by atoms with Crippen LogP contribution in [0.3, 0.4) is 0 Å². The Labute approximate surface area is 135 Å². The van der Waals surface area contributed by atoms with Crippen molar-refractivity contribution in [2.75, 3.05) is 10.6 Å². The number of nitrogens with zero attached hydrogens (tertiary/aromatic N) is 1. The highest BCUT2D eigenvalue weighted by atomic mass is 16.2. The number of carbonyl (C=O) groups excluding carboxylic acids is 2. The molecule has 1 heterocycles. The van der Waals surface area contributed by atoms with E-state index in [0.717, 1.165) is 0 Å². The van der Waals surface area contributed by atoms with Gasteiger partial charge in [-0.2, -0.15) is 0 Å². The van der Waals surface area contributed by atoms with Crippen LogP contribution in [0.4, 0.5) is 16.2 Å². The van der Waals surface area contributed by atoms with Crippen LogP contribution in [0.25, 0.3) is 0 Å². The average Bonchev–Trinajstić information content (AvgIpc) is 2.54. The smallest absolute Gasteiger partial charge is 0.319 e. The molecule has 0 aliphatic heterocycles. The molecule has 2 rings (SSSR count). The monoisotopic (exact) mass is 312 g/mol. The Morgan fingerprint density at radius 3 is 2.13 bits per heavy atom. The molecule has 23 heavy (non-hydrogen) atoms. The summed E-state index contributed by atoms with van der Waals surface area (Å²) >= 11 is 0. The van der Waals surface area contributed by atoms with Crippen molar-refractivity contribution in [1.82, 2.24) is 10.3 Å². The van der Waals surface area contributed by atoms with Crippen molar-refractivity contribution in [3.8, 4) is 0 Å². The van der Waals surface area contributed by atoms with Gasteiger partial charge in [0, 0.05) is 23.8 Å². The van der Waals surface area contributed by atoms with Crippen molar-refractivity contribution >= 4 is 23.3 Å². The van der Waals surface area contributed by atoms with E-state index in [1.165, 1.54) is 0 Å². The molecule has 1 unspecified atom stereocenters. The molecule has 0 aliphatic rings. The second-order valence-corrected chi connectivity index (χ2v) is 5.41. The predicted molar refractivity (Wildman–Crippen MR) is 90.1 cm³/mol. The SMILES string of the molecule is CC(C)C(NC(=O)Nc1ccccc1)C(=O)Nc1ccncc1. The average molecular weight is 312 g/mol. The van der Waals surface area contributed by atoms with E-state index in [2.05, 4.69) is 20.9 Å². The quantitative estimate of drug-likeness (QED) is 0.794. The fourth-order valence-electron chi connectivity index (χ4n) is 2.02. The molecule has 3 amide bonds. The van der Waals surface area contributed by atoms with Gasteiger partial charge in [0.15, 0.2) is 0 Å². The lowest BCUT2D eigenvalue weighted by atomic mass is 10.0. The van der Waals surface area contributed by atoms with Gasteiger partial charge >= 0.3 is 6.03 Å². The van der Waals surface area contributed by atoms with E-state index in [4.69, 9.17) is 0 Å². The Kier molecular flexibility index (Phi) is 5.68. The number of aromatic nitrogens is 1. The molecule has 120 valence electrons. The summed E-state index contributed by atoms with van der Waals surface area (Å²) in [5.41, 5.74) is 1.31. The minimum Gasteiger partial charge on any atom is -0.326 e. The largest absolute Gasteiger partial charge is 0.326 e. The number of para-hydroxylation sites is 1. The number of benzene rings is 1. The fraction of sp³-hybridized carbons (Fsp3) is 0.235. The summed E-state index contributed by atoms with van der Waals surface area (Å²) < 4.78 is 0. The van der Waals surface area contributed by atoms with E-state index < -0.39 is 12.1 Å². The van der Waals surface area contributed by atoms with Gasteiger partial charge in [-0.3, -0.25) is 9.78 Å². The molecule has 1 aromatic heterocycles. The number of amides is 3. The van der Waals surface area contributed by atoms with Gasteiger partial charge in [-0.25, -0.2) is 4.79 Å². The molecule has 2 aromatic rings. The van der Waals surface area contributed by atoms with Crippen molar-refractivity contribution in [2.24, 2.45) is 5.92 Å². The molecule has 1 atom stereocenters. The molecule has 3 N–H and O–H groups in total. The maximum Gasteiger partial charge on any atom is 0.319 e. The van der Waals surface area contributed by atoms with E-state index in [0.29, 0.717) is 11.4 Å². The number of pyridine rings is 1. The third kappa shape index (κ3) is 5.10. The molecule has 0 bridgehead atoms. The minimum atomic E-state index is -0.646. The molecular weight excluding hydrogens is 292 g/mol. The third-order valence-corrected chi connectivity index (χ3v) is 3.22. The van der Waals surface area contributed by atoms with Gasteiger partial charge in [-0.15, -0.1) is 0 Å². The zero-order chi connectivity index (χ0) is 16.7. The van der Waals surface area contributed by atoms with Crippen molar-refractivity contribution in [1.29, 1.82) is 0 Å². The van der Waals surface area contributed by atoms with Crippen LogP contribution in [0.5, 0.6) is 0 Å². The Balaban J connectivity index is 1.98. The van der Waals surface area contributed by atoms with Gasteiger partial charge < -0.3 is 16.0 Å². The number of hydrogen-bond donors (Lipinski definition) is 3. The second kappa shape index (κ2) is 7.93. The first-order valence-electron chi connectivity index (χ1n) is 7.39. The summed E-state index contributed by atoms with van der Waals surface area (Å²) in [6.45, 7) is 3.75. The van der Waals surface area contributed by atoms with Gasteiger partial charge in [0.25, 0.3) is 0 Å². The van der Waals surface area contributed by atoms with Crippen LogP contribution >= 0.6 is 0 Å². The van der Waals surface area contributed by atoms with Crippen LogP contribution < -0.4 is 16.0 Å². The maximum atomic E-state index is 12.4. The summed E-state index contributed by atoms with van der Waals surface area (Å²) in [5.74, 6) is -0.326. The minimum absolute atomic E-state index is 0.0571. The summed E-state index contributed by atoms with van der Waals surface area (Å²) in [6, 6.07) is 11.4. The summed E-state index contributed by atoms with van der Waals surface area (Å²) in [6.07, 6.45) is 3.19. The van der Waals surface area contributed by atoms with Crippen LogP contribution in [0.1, 0.15) is 13.8 Å². The lowest BCUT2D eigenvalue weighted by Crippen LogP contribution is -2.48. The molecule has 0 aliphatic carbocycles. The molecule has 6 nitrogen and oxygen atoms in total. The van der Waals surface area contributed by atoms with Crippen molar-refractivity contribution in [3.63, 3.8) is 0 Å². The number of nitrogens with one attached hydrogen (secondary N) is 3. The van der Waals surface area contributed by atoms with E-state index in [1.54, 1.807) is 36.7 Å². The molecule has 0 fully saturated rings. The zero-order valence-electron chi connectivity index (χ0n) is 13.1. The Bertz CT molecular complexity index is 644. The molecule has 0 saturated carbocycles. The van der Waals surface area contributed by atoms with Gasteiger partial charge in [0.05, 0.1) is 0 Å². The van der Waals surface area contributed by atoms with Crippen molar-refractivity contribution in [3.05, 3.63) is 54.9 Å². The van der Waals surface area contributed by atoms with E-state index in [1.807, 2.05) is 32.0 Å². The first kappa shape index (κ1) is 16.5.